The number of piperazine rings is 1. The predicted molar refractivity (Wildman–Crippen MR) is 68.1 cm³/mol. The summed E-state index contributed by atoms with van der Waals surface area (Å²) in [6.45, 7) is 4.57. The smallest absolute Gasteiger partial charge is 0.242 e. The molecule has 0 radical (unpaired) electrons. The zero-order valence-corrected chi connectivity index (χ0v) is 11.1. The number of carbonyl (C=O) groups is 2. The van der Waals surface area contributed by atoms with Crippen LogP contribution in [0.2, 0.25) is 0 Å². The van der Waals surface area contributed by atoms with E-state index in [4.69, 9.17) is 4.74 Å². The quantitative estimate of drug-likeness (QED) is 0.518. The van der Waals surface area contributed by atoms with Crippen molar-refractivity contribution in [3.8, 4) is 0 Å². The van der Waals surface area contributed by atoms with Crippen LogP contribution in [-0.2, 0) is 14.3 Å². The molecular formula is C11H20N2O3S. The Morgan fingerprint density at radius 2 is 1.71 bits per heavy atom. The number of carbonyl (C=O) groups excluding carboxylic acids is 2. The Morgan fingerprint density at radius 3 is 2.24 bits per heavy atom. The lowest BCUT2D eigenvalue weighted by Crippen LogP contribution is -2.54. The van der Waals surface area contributed by atoms with Crippen LogP contribution in [0.3, 0.4) is 0 Å². The van der Waals surface area contributed by atoms with E-state index in [0.29, 0.717) is 32.1 Å². The highest BCUT2D eigenvalue weighted by Gasteiger charge is 2.28. The molecular weight excluding hydrogens is 240 g/mol. The van der Waals surface area contributed by atoms with E-state index in [-0.39, 0.29) is 24.9 Å². The molecule has 1 aliphatic rings. The average molecular weight is 260 g/mol. The Morgan fingerprint density at radius 1 is 1.12 bits per heavy atom. The fraction of sp³-hybridized carbons (Fsp3) is 0.818. The zero-order valence-electron chi connectivity index (χ0n) is 10.2. The molecule has 0 spiro atoms. The Kier molecular flexibility index (Phi) is 6.36. The second-order valence-corrected chi connectivity index (χ2v) is 4.41. The van der Waals surface area contributed by atoms with Gasteiger partial charge in [-0.1, -0.05) is 6.92 Å². The summed E-state index contributed by atoms with van der Waals surface area (Å²) in [5, 5.41) is 0. The fourth-order valence-corrected chi connectivity index (χ4v) is 1.85. The van der Waals surface area contributed by atoms with Crippen LogP contribution >= 0.6 is 12.6 Å². The molecule has 2 amide bonds. The van der Waals surface area contributed by atoms with E-state index in [1.165, 1.54) is 0 Å². The average Bonchev–Trinajstić information content (AvgIpc) is 2.30. The van der Waals surface area contributed by atoms with Crippen LogP contribution in [0.1, 0.15) is 13.3 Å². The van der Waals surface area contributed by atoms with Gasteiger partial charge >= 0.3 is 0 Å². The van der Waals surface area contributed by atoms with E-state index >= 15 is 0 Å². The molecule has 98 valence electrons. The molecule has 6 heteroatoms. The second kappa shape index (κ2) is 7.55. The number of hydrogen-bond donors (Lipinski definition) is 1. The summed E-state index contributed by atoms with van der Waals surface area (Å²) < 4.78 is 5.25. The molecule has 0 saturated carbocycles. The molecule has 1 rings (SSSR count). The maximum Gasteiger partial charge on any atom is 0.242 e. The third-order valence-electron chi connectivity index (χ3n) is 2.59. The molecule has 0 aromatic rings. The SMILES string of the molecule is CCCN1CC(=O)N(CCOCCS)CC1=O. The summed E-state index contributed by atoms with van der Waals surface area (Å²) in [6.07, 6.45) is 0.879. The van der Waals surface area contributed by atoms with Crippen molar-refractivity contribution in [2.75, 3.05) is 45.1 Å². The van der Waals surface area contributed by atoms with Crippen molar-refractivity contribution >= 4 is 24.4 Å². The van der Waals surface area contributed by atoms with Crippen LogP contribution in [0.25, 0.3) is 0 Å². The first-order chi connectivity index (χ1) is 8.19. The predicted octanol–water partition coefficient (Wildman–Crippen LogP) is 0.0136. The molecule has 0 N–H and O–H groups in total. The molecule has 0 aromatic carbocycles. The van der Waals surface area contributed by atoms with Crippen LogP contribution in [0.5, 0.6) is 0 Å². The highest BCUT2D eigenvalue weighted by atomic mass is 32.1. The Labute approximate surface area is 107 Å². The minimum Gasteiger partial charge on any atom is -0.379 e. The molecule has 0 bridgehead atoms. The van der Waals surface area contributed by atoms with Gasteiger partial charge in [-0.2, -0.15) is 12.6 Å². The van der Waals surface area contributed by atoms with E-state index in [1.54, 1.807) is 9.80 Å². The molecule has 1 aliphatic heterocycles. The van der Waals surface area contributed by atoms with Crippen molar-refractivity contribution in [3.63, 3.8) is 0 Å². The van der Waals surface area contributed by atoms with E-state index in [9.17, 15) is 9.59 Å². The van der Waals surface area contributed by atoms with Gasteiger partial charge in [0.05, 0.1) is 26.3 Å². The topological polar surface area (TPSA) is 49.9 Å². The number of hydrogen-bond acceptors (Lipinski definition) is 4. The van der Waals surface area contributed by atoms with Gasteiger partial charge in [0.15, 0.2) is 0 Å². The number of ether oxygens (including phenoxy) is 1. The van der Waals surface area contributed by atoms with E-state index in [1.807, 2.05) is 6.92 Å². The van der Waals surface area contributed by atoms with Crippen molar-refractivity contribution in [3.05, 3.63) is 0 Å². The van der Waals surface area contributed by atoms with Crippen molar-refractivity contribution in [2.24, 2.45) is 0 Å². The van der Waals surface area contributed by atoms with Crippen molar-refractivity contribution in [1.29, 1.82) is 0 Å². The van der Waals surface area contributed by atoms with Gasteiger partial charge in [-0.3, -0.25) is 9.59 Å². The van der Waals surface area contributed by atoms with Gasteiger partial charge < -0.3 is 14.5 Å². The molecule has 0 aliphatic carbocycles. The van der Waals surface area contributed by atoms with Gasteiger partial charge in [0.1, 0.15) is 0 Å². The number of rotatable bonds is 7. The molecule has 0 aromatic heterocycles. The van der Waals surface area contributed by atoms with Crippen molar-refractivity contribution in [1.82, 2.24) is 9.80 Å². The van der Waals surface area contributed by atoms with Gasteiger partial charge in [-0.05, 0) is 6.42 Å². The zero-order chi connectivity index (χ0) is 12.7. The summed E-state index contributed by atoms with van der Waals surface area (Å²) in [4.78, 5) is 26.6. The summed E-state index contributed by atoms with van der Waals surface area (Å²) in [5.41, 5.74) is 0. The van der Waals surface area contributed by atoms with E-state index in [0.717, 1.165) is 6.42 Å². The van der Waals surface area contributed by atoms with Crippen LogP contribution in [0.15, 0.2) is 0 Å². The van der Waals surface area contributed by atoms with E-state index < -0.39 is 0 Å². The minimum absolute atomic E-state index is 0.00697. The minimum atomic E-state index is 0.00697. The van der Waals surface area contributed by atoms with Gasteiger partial charge in [-0.25, -0.2) is 0 Å². The van der Waals surface area contributed by atoms with Gasteiger partial charge in [0.2, 0.25) is 11.8 Å². The van der Waals surface area contributed by atoms with Crippen LogP contribution < -0.4 is 0 Å². The highest BCUT2D eigenvalue weighted by Crippen LogP contribution is 2.05. The lowest BCUT2D eigenvalue weighted by Gasteiger charge is -2.33. The first-order valence-electron chi connectivity index (χ1n) is 5.93. The summed E-state index contributed by atoms with van der Waals surface area (Å²) >= 11 is 4.02. The normalized spacial score (nSPS) is 16.8. The third-order valence-corrected chi connectivity index (χ3v) is 2.77. The van der Waals surface area contributed by atoms with Gasteiger partial charge in [0, 0.05) is 18.8 Å². The lowest BCUT2D eigenvalue weighted by molar-refractivity contribution is -0.150. The van der Waals surface area contributed by atoms with Gasteiger partial charge in [-0.15, -0.1) is 0 Å². The maximum absolute atomic E-state index is 11.8. The van der Waals surface area contributed by atoms with Crippen LogP contribution in [0.4, 0.5) is 0 Å². The largest absolute Gasteiger partial charge is 0.379 e. The molecule has 1 saturated heterocycles. The molecule has 0 atom stereocenters. The first kappa shape index (κ1) is 14.3. The first-order valence-corrected chi connectivity index (χ1v) is 6.56. The van der Waals surface area contributed by atoms with Crippen molar-refractivity contribution in [2.45, 2.75) is 13.3 Å². The molecule has 17 heavy (non-hydrogen) atoms. The monoisotopic (exact) mass is 260 g/mol. The molecule has 5 nitrogen and oxygen atoms in total. The summed E-state index contributed by atoms with van der Waals surface area (Å²) in [5.74, 6) is 0.699. The van der Waals surface area contributed by atoms with E-state index in [2.05, 4.69) is 12.6 Å². The lowest BCUT2D eigenvalue weighted by atomic mass is 10.2. The number of nitrogens with zero attached hydrogens (tertiary/aromatic N) is 2. The van der Waals surface area contributed by atoms with Crippen LogP contribution in [-0.4, -0.2) is 66.8 Å². The number of thiol groups is 1. The maximum atomic E-state index is 11.8. The second-order valence-electron chi connectivity index (χ2n) is 3.97. The Hall–Kier alpha value is -0.750. The fourth-order valence-electron chi connectivity index (χ4n) is 1.72. The third kappa shape index (κ3) is 4.55. The highest BCUT2D eigenvalue weighted by molar-refractivity contribution is 7.80. The Balaban J connectivity index is 2.33. The standard InChI is InChI=1S/C11H20N2O3S/c1-2-3-12-8-11(15)13(9-10(12)14)4-5-16-6-7-17/h17H,2-9H2,1H3. The van der Waals surface area contributed by atoms with Crippen LogP contribution in [0, 0.1) is 0 Å². The Bertz CT molecular complexity index is 273. The van der Waals surface area contributed by atoms with Crippen molar-refractivity contribution < 1.29 is 14.3 Å². The summed E-state index contributed by atoms with van der Waals surface area (Å²) in [6, 6.07) is 0. The number of amides is 2. The van der Waals surface area contributed by atoms with Gasteiger partial charge in [0.25, 0.3) is 0 Å². The summed E-state index contributed by atoms with van der Waals surface area (Å²) in [7, 11) is 0. The molecule has 1 fully saturated rings. The molecule has 1 heterocycles. The molecule has 0 unspecified atom stereocenters.